The smallest absolute Gasteiger partial charge is 0.367 e. The lowest BCUT2D eigenvalue weighted by molar-refractivity contribution is -0.137. The van der Waals surface area contributed by atoms with Crippen molar-refractivity contribution in [1.82, 2.24) is 4.98 Å². The first kappa shape index (κ1) is 15.6. The number of hydrogen-bond acceptors (Lipinski definition) is 2. The molecule has 0 bridgehead atoms. The summed E-state index contributed by atoms with van der Waals surface area (Å²) in [5, 5.41) is 10.0. The lowest BCUT2D eigenvalue weighted by Gasteiger charge is -2.30. The fourth-order valence-corrected chi connectivity index (χ4v) is 3.45. The Kier molecular flexibility index (Phi) is 3.46. The van der Waals surface area contributed by atoms with Gasteiger partial charge in [-0.1, -0.05) is 18.2 Å². The summed E-state index contributed by atoms with van der Waals surface area (Å²) in [4.78, 5) is 5.32. The molecule has 0 atom stereocenters. The first-order valence-corrected chi connectivity index (χ1v) is 7.92. The molecule has 0 saturated carbocycles. The zero-order chi connectivity index (χ0) is 17.6. The summed E-state index contributed by atoms with van der Waals surface area (Å²) >= 11 is 0. The molecule has 0 radical (unpaired) electrons. The highest BCUT2D eigenvalue weighted by Gasteiger charge is 2.34. The molecule has 1 aliphatic rings. The van der Waals surface area contributed by atoms with Crippen molar-refractivity contribution in [2.45, 2.75) is 19.1 Å². The van der Waals surface area contributed by atoms with Gasteiger partial charge in [-0.25, -0.2) is 0 Å². The minimum atomic E-state index is -4.54. The highest BCUT2D eigenvalue weighted by Crippen LogP contribution is 2.36. The molecule has 2 heterocycles. The lowest BCUT2D eigenvalue weighted by Crippen LogP contribution is -2.30. The number of rotatable bonds is 1. The minimum Gasteiger partial charge on any atom is -0.367 e. The van der Waals surface area contributed by atoms with Gasteiger partial charge in [-0.05, 0) is 24.3 Å². The van der Waals surface area contributed by atoms with Crippen LogP contribution in [0.25, 0.3) is 10.9 Å². The van der Waals surface area contributed by atoms with Crippen LogP contribution in [0.15, 0.2) is 42.5 Å². The molecule has 0 fully saturated rings. The number of nitrogens with zero attached hydrogens (tertiary/aromatic N) is 2. The van der Waals surface area contributed by atoms with Crippen molar-refractivity contribution >= 4 is 16.6 Å². The zero-order valence-electron chi connectivity index (χ0n) is 13.2. The number of nitriles is 1. The second kappa shape index (κ2) is 5.55. The summed E-state index contributed by atoms with van der Waals surface area (Å²) < 4.78 is 39.6. The van der Waals surface area contributed by atoms with Crippen molar-refractivity contribution in [2.24, 2.45) is 0 Å². The summed E-state index contributed by atoms with van der Waals surface area (Å²) in [6.07, 6.45) is -3.80. The van der Waals surface area contributed by atoms with Gasteiger partial charge >= 0.3 is 6.18 Å². The number of anilines is 1. The third kappa shape index (κ3) is 2.62. The first-order valence-electron chi connectivity index (χ1n) is 7.92. The van der Waals surface area contributed by atoms with E-state index in [2.05, 4.69) is 4.98 Å². The average molecular weight is 341 g/mol. The van der Waals surface area contributed by atoms with Crippen molar-refractivity contribution in [1.29, 1.82) is 5.26 Å². The number of hydrogen-bond donors (Lipinski definition) is 1. The number of nitrogens with one attached hydrogen (secondary N) is 1. The SMILES string of the molecule is N#Cc1ccc(N2CCc3[nH]c4ccccc4c3C2)cc1C(F)(F)F. The largest absolute Gasteiger partial charge is 0.417 e. The van der Waals surface area contributed by atoms with Crippen LogP contribution in [0.1, 0.15) is 22.4 Å². The van der Waals surface area contributed by atoms with Crippen molar-refractivity contribution in [3.63, 3.8) is 0 Å². The highest BCUT2D eigenvalue weighted by molar-refractivity contribution is 5.85. The summed E-state index contributed by atoms with van der Waals surface area (Å²) in [6.45, 7) is 1.17. The molecule has 1 N–H and O–H groups in total. The van der Waals surface area contributed by atoms with Crippen LogP contribution in [0.4, 0.5) is 18.9 Å². The summed E-state index contributed by atoms with van der Waals surface area (Å²) in [7, 11) is 0. The van der Waals surface area contributed by atoms with E-state index in [-0.39, 0.29) is 5.56 Å². The normalized spacial score (nSPS) is 14.4. The Morgan fingerprint density at radius 3 is 2.68 bits per heavy atom. The monoisotopic (exact) mass is 341 g/mol. The summed E-state index contributed by atoms with van der Waals surface area (Å²) in [5.41, 5.74) is 2.58. The molecule has 0 saturated heterocycles. The third-order valence-corrected chi connectivity index (χ3v) is 4.68. The van der Waals surface area contributed by atoms with Crippen LogP contribution in [0.5, 0.6) is 0 Å². The van der Waals surface area contributed by atoms with E-state index < -0.39 is 11.7 Å². The van der Waals surface area contributed by atoms with Crippen molar-refractivity contribution in [3.05, 3.63) is 64.8 Å². The number of H-pyrrole nitrogens is 1. The van der Waals surface area contributed by atoms with Gasteiger partial charge in [0.15, 0.2) is 0 Å². The predicted octanol–water partition coefficient (Wildman–Crippen LogP) is 4.62. The van der Waals surface area contributed by atoms with Gasteiger partial charge in [0.1, 0.15) is 0 Å². The van der Waals surface area contributed by atoms with Gasteiger partial charge in [0, 0.05) is 47.4 Å². The number of aromatic nitrogens is 1. The number of fused-ring (bicyclic) bond motifs is 3. The Hall–Kier alpha value is -2.94. The van der Waals surface area contributed by atoms with E-state index in [1.165, 1.54) is 6.07 Å². The van der Waals surface area contributed by atoms with E-state index in [9.17, 15) is 13.2 Å². The first-order chi connectivity index (χ1) is 12.0. The third-order valence-electron chi connectivity index (χ3n) is 4.68. The molecule has 0 aliphatic carbocycles. The van der Waals surface area contributed by atoms with Crippen LogP contribution in [0.3, 0.4) is 0 Å². The molecule has 1 aliphatic heterocycles. The van der Waals surface area contributed by atoms with Gasteiger partial charge in [-0.3, -0.25) is 0 Å². The number of benzene rings is 2. The Balaban J connectivity index is 1.74. The molecule has 3 nitrogen and oxygen atoms in total. The van der Waals surface area contributed by atoms with Gasteiger partial charge in [-0.15, -0.1) is 0 Å². The number of alkyl halides is 3. The molecule has 0 amide bonds. The number of para-hydroxylation sites is 1. The zero-order valence-corrected chi connectivity index (χ0v) is 13.2. The molecular formula is C19H14F3N3. The van der Waals surface area contributed by atoms with E-state index in [1.807, 2.05) is 29.2 Å². The van der Waals surface area contributed by atoms with E-state index in [1.54, 1.807) is 12.1 Å². The van der Waals surface area contributed by atoms with Crippen LogP contribution in [-0.2, 0) is 19.1 Å². The topological polar surface area (TPSA) is 42.8 Å². The molecule has 126 valence electrons. The Labute approximate surface area is 142 Å². The predicted molar refractivity (Wildman–Crippen MR) is 89.2 cm³/mol. The van der Waals surface area contributed by atoms with Crippen LogP contribution >= 0.6 is 0 Å². The second-order valence-corrected chi connectivity index (χ2v) is 6.14. The Bertz CT molecular complexity index is 995. The summed E-state index contributed by atoms with van der Waals surface area (Å²) in [6, 6.07) is 13.5. The van der Waals surface area contributed by atoms with E-state index >= 15 is 0 Å². The van der Waals surface area contributed by atoms with Crippen LogP contribution in [-0.4, -0.2) is 11.5 Å². The molecule has 2 aromatic carbocycles. The molecule has 1 aromatic heterocycles. The van der Waals surface area contributed by atoms with Crippen molar-refractivity contribution in [2.75, 3.05) is 11.4 Å². The van der Waals surface area contributed by atoms with Crippen molar-refractivity contribution < 1.29 is 13.2 Å². The standard InChI is InChI=1S/C19H14F3N3/c20-19(21,22)16-9-13(6-5-12(16)10-23)25-8-7-18-15(11-25)14-3-1-2-4-17(14)24-18/h1-6,9,24H,7-8,11H2. The fourth-order valence-electron chi connectivity index (χ4n) is 3.45. The average Bonchev–Trinajstić information content (AvgIpc) is 2.98. The molecule has 0 unspecified atom stereocenters. The van der Waals surface area contributed by atoms with E-state index in [0.29, 0.717) is 18.8 Å². The molecule has 4 rings (SSSR count). The Morgan fingerprint density at radius 1 is 1.12 bits per heavy atom. The fraction of sp³-hybridized carbons (Fsp3) is 0.211. The van der Waals surface area contributed by atoms with Gasteiger partial charge < -0.3 is 9.88 Å². The summed E-state index contributed by atoms with van der Waals surface area (Å²) in [5.74, 6) is 0. The second-order valence-electron chi connectivity index (χ2n) is 6.14. The maximum Gasteiger partial charge on any atom is 0.417 e. The maximum atomic E-state index is 13.2. The molecule has 25 heavy (non-hydrogen) atoms. The van der Waals surface area contributed by atoms with Crippen LogP contribution < -0.4 is 4.90 Å². The van der Waals surface area contributed by atoms with Crippen LogP contribution in [0.2, 0.25) is 0 Å². The highest BCUT2D eigenvalue weighted by atomic mass is 19.4. The van der Waals surface area contributed by atoms with Gasteiger partial charge in [0.05, 0.1) is 17.2 Å². The van der Waals surface area contributed by atoms with E-state index in [4.69, 9.17) is 5.26 Å². The van der Waals surface area contributed by atoms with Gasteiger partial charge in [0.25, 0.3) is 0 Å². The number of halogens is 3. The minimum absolute atomic E-state index is 0.346. The maximum absolute atomic E-state index is 13.2. The molecular weight excluding hydrogens is 327 g/mol. The molecule has 0 spiro atoms. The lowest BCUT2D eigenvalue weighted by atomic mass is 10.0. The van der Waals surface area contributed by atoms with Gasteiger partial charge in [-0.2, -0.15) is 18.4 Å². The van der Waals surface area contributed by atoms with Gasteiger partial charge in [0.2, 0.25) is 0 Å². The molecule has 3 aromatic rings. The Morgan fingerprint density at radius 2 is 1.92 bits per heavy atom. The number of aromatic amines is 1. The van der Waals surface area contributed by atoms with Crippen molar-refractivity contribution in [3.8, 4) is 6.07 Å². The van der Waals surface area contributed by atoms with Crippen LogP contribution in [0, 0.1) is 11.3 Å². The quantitative estimate of drug-likeness (QED) is 0.702. The molecule has 6 heteroatoms. The van der Waals surface area contributed by atoms with E-state index in [0.717, 1.165) is 34.6 Å².